The van der Waals surface area contributed by atoms with Crippen molar-refractivity contribution in [2.24, 2.45) is 5.92 Å². The lowest BCUT2D eigenvalue weighted by molar-refractivity contribution is 0.0324. The smallest absolute Gasteiger partial charge is 0.0615 e. The zero-order valence-corrected chi connectivity index (χ0v) is 12.9. The standard InChI is InChI=1S/C15H32N2O/c1-6-7-14-10-17(13(4)11-18-5)15(9-16-14)8-12(2)3/h12-16H,6-11H2,1-5H3. The van der Waals surface area contributed by atoms with Crippen LogP contribution in [0.1, 0.15) is 47.0 Å². The van der Waals surface area contributed by atoms with Crippen molar-refractivity contribution < 1.29 is 4.74 Å². The van der Waals surface area contributed by atoms with Gasteiger partial charge in [0.1, 0.15) is 0 Å². The number of rotatable bonds is 7. The third-order valence-electron chi connectivity index (χ3n) is 3.90. The second-order valence-corrected chi connectivity index (χ2v) is 6.18. The molecule has 3 unspecified atom stereocenters. The molecule has 3 heteroatoms. The SMILES string of the molecule is CCCC1CN(C(C)COC)C(CC(C)C)CN1. The molecule has 1 aliphatic rings. The summed E-state index contributed by atoms with van der Waals surface area (Å²) < 4.78 is 5.34. The van der Waals surface area contributed by atoms with Gasteiger partial charge in [0.05, 0.1) is 6.61 Å². The van der Waals surface area contributed by atoms with Crippen LogP contribution in [0.3, 0.4) is 0 Å². The van der Waals surface area contributed by atoms with E-state index in [0.29, 0.717) is 18.1 Å². The van der Waals surface area contributed by atoms with Crippen LogP contribution >= 0.6 is 0 Å². The van der Waals surface area contributed by atoms with Crippen molar-refractivity contribution in [2.45, 2.75) is 65.1 Å². The van der Waals surface area contributed by atoms with E-state index in [2.05, 4.69) is 37.9 Å². The van der Waals surface area contributed by atoms with Gasteiger partial charge in [-0.15, -0.1) is 0 Å². The van der Waals surface area contributed by atoms with E-state index in [-0.39, 0.29) is 0 Å². The number of piperazine rings is 1. The van der Waals surface area contributed by atoms with Crippen LogP contribution in [0.2, 0.25) is 0 Å². The van der Waals surface area contributed by atoms with Gasteiger partial charge >= 0.3 is 0 Å². The number of methoxy groups -OCH3 is 1. The maximum absolute atomic E-state index is 5.34. The average molecular weight is 256 g/mol. The zero-order valence-electron chi connectivity index (χ0n) is 12.9. The van der Waals surface area contributed by atoms with Crippen LogP contribution in [-0.2, 0) is 4.74 Å². The van der Waals surface area contributed by atoms with Crippen molar-refractivity contribution in [1.82, 2.24) is 10.2 Å². The molecule has 1 saturated heterocycles. The second kappa shape index (κ2) is 8.13. The Labute approximate surface area is 113 Å². The Morgan fingerprint density at radius 1 is 1.33 bits per heavy atom. The van der Waals surface area contributed by atoms with Gasteiger partial charge in [-0.2, -0.15) is 0 Å². The highest BCUT2D eigenvalue weighted by molar-refractivity contribution is 4.89. The summed E-state index contributed by atoms with van der Waals surface area (Å²) in [6.07, 6.45) is 3.82. The molecule has 0 bridgehead atoms. The highest BCUT2D eigenvalue weighted by atomic mass is 16.5. The van der Waals surface area contributed by atoms with E-state index in [0.717, 1.165) is 19.1 Å². The third-order valence-corrected chi connectivity index (χ3v) is 3.90. The Kier molecular flexibility index (Phi) is 7.20. The van der Waals surface area contributed by atoms with E-state index in [1.807, 2.05) is 0 Å². The predicted octanol–water partition coefficient (Wildman–Crippen LogP) is 2.51. The first-order valence-electron chi connectivity index (χ1n) is 7.56. The van der Waals surface area contributed by atoms with Crippen molar-refractivity contribution in [2.75, 3.05) is 26.8 Å². The Hall–Kier alpha value is -0.120. The van der Waals surface area contributed by atoms with Gasteiger partial charge in [0, 0.05) is 38.3 Å². The van der Waals surface area contributed by atoms with Crippen LogP contribution in [-0.4, -0.2) is 49.8 Å². The molecule has 0 spiro atoms. The van der Waals surface area contributed by atoms with Crippen molar-refractivity contribution in [3.05, 3.63) is 0 Å². The van der Waals surface area contributed by atoms with Gasteiger partial charge in [-0.05, 0) is 25.7 Å². The highest BCUT2D eigenvalue weighted by Gasteiger charge is 2.30. The Balaban J connectivity index is 2.60. The number of nitrogens with zero attached hydrogens (tertiary/aromatic N) is 1. The minimum Gasteiger partial charge on any atom is -0.383 e. The molecule has 1 N–H and O–H groups in total. The van der Waals surface area contributed by atoms with Crippen LogP contribution in [0.4, 0.5) is 0 Å². The van der Waals surface area contributed by atoms with Gasteiger partial charge in [0.15, 0.2) is 0 Å². The number of hydrogen-bond donors (Lipinski definition) is 1. The molecule has 3 atom stereocenters. The third kappa shape index (κ3) is 4.87. The van der Waals surface area contributed by atoms with E-state index >= 15 is 0 Å². The van der Waals surface area contributed by atoms with Gasteiger partial charge in [-0.3, -0.25) is 4.90 Å². The normalized spacial score (nSPS) is 27.7. The molecule has 1 heterocycles. The lowest BCUT2D eigenvalue weighted by Gasteiger charge is -2.44. The van der Waals surface area contributed by atoms with Crippen LogP contribution in [0.25, 0.3) is 0 Å². The minimum absolute atomic E-state index is 0.528. The molecular weight excluding hydrogens is 224 g/mol. The van der Waals surface area contributed by atoms with E-state index in [4.69, 9.17) is 4.74 Å². The fraction of sp³-hybridized carbons (Fsp3) is 1.00. The number of ether oxygens (including phenoxy) is 1. The molecule has 0 aromatic heterocycles. The average Bonchev–Trinajstić information content (AvgIpc) is 2.31. The Bertz CT molecular complexity index is 221. The Morgan fingerprint density at radius 2 is 2.06 bits per heavy atom. The molecule has 1 rings (SSSR count). The van der Waals surface area contributed by atoms with E-state index < -0.39 is 0 Å². The van der Waals surface area contributed by atoms with Crippen molar-refractivity contribution >= 4 is 0 Å². The summed E-state index contributed by atoms with van der Waals surface area (Å²) in [4.78, 5) is 2.67. The molecule has 1 fully saturated rings. The van der Waals surface area contributed by atoms with Gasteiger partial charge in [-0.1, -0.05) is 27.2 Å². The monoisotopic (exact) mass is 256 g/mol. The lowest BCUT2D eigenvalue weighted by Crippen LogP contribution is -2.59. The maximum Gasteiger partial charge on any atom is 0.0615 e. The first-order chi connectivity index (χ1) is 8.58. The van der Waals surface area contributed by atoms with Gasteiger partial charge in [-0.25, -0.2) is 0 Å². The number of nitrogens with one attached hydrogen (secondary N) is 1. The fourth-order valence-electron chi connectivity index (χ4n) is 3.07. The second-order valence-electron chi connectivity index (χ2n) is 6.18. The van der Waals surface area contributed by atoms with Crippen molar-refractivity contribution in [3.63, 3.8) is 0 Å². The zero-order chi connectivity index (χ0) is 13.5. The maximum atomic E-state index is 5.34. The fourth-order valence-corrected chi connectivity index (χ4v) is 3.07. The van der Waals surface area contributed by atoms with E-state index in [1.165, 1.54) is 25.8 Å². The number of hydrogen-bond acceptors (Lipinski definition) is 3. The summed E-state index contributed by atoms with van der Waals surface area (Å²) in [5.41, 5.74) is 0. The Morgan fingerprint density at radius 3 is 2.61 bits per heavy atom. The van der Waals surface area contributed by atoms with Crippen LogP contribution < -0.4 is 5.32 Å². The first kappa shape index (κ1) is 15.9. The minimum atomic E-state index is 0.528. The largest absolute Gasteiger partial charge is 0.383 e. The molecule has 0 aromatic rings. The molecule has 0 amide bonds. The molecule has 18 heavy (non-hydrogen) atoms. The molecule has 108 valence electrons. The predicted molar refractivity (Wildman–Crippen MR) is 78.0 cm³/mol. The van der Waals surface area contributed by atoms with Gasteiger partial charge in [0.25, 0.3) is 0 Å². The summed E-state index contributed by atoms with van der Waals surface area (Å²) in [6, 6.07) is 1.86. The summed E-state index contributed by atoms with van der Waals surface area (Å²) >= 11 is 0. The molecule has 0 aromatic carbocycles. The summed E-state index contributed by atoms with van der Waals surface area (Å²) in [5.74, 6) is 0.761. The first-order valence-corrected chi connectivity index (χ1v) is 7.56. The van der Waals surface area contributed by atoms with Crippen molar-refractivity contribution in [1.29, 1.82) is 0 Å². The molecule has 3 nitrogen and oxygen atoms in total. The topological polar surface area (TPSA) is 24.5 Å². The highest BCUT2D eigenvalue weighted by Crippen LogP contribution is 2.19. The summed E-state index contributed by atoms with van der Waals surface area (Å²) in [7, 11) is 1.81. The van der Waals surface area contributed by atoms with E-state index in [1.54, 1.807) is 7.11 Å². The van der Waals surface area contributed by atoms with Crippen molar-refractivity contribution in [3.8, 4) is 0 Å². The molecule has 0 radical (unpaired) electrons. The summed E-state index contributed by atoms with van der Waals surface area (Å²) in [5, 5.41) is 3.72. The van der Waals surface area contributed by atoms with Gasteiger partial charge in [0.2, 0.25) is 0 Å². The van der Waals surface area contributed by atoms with E-state index in [9.17, 15) is 0 Å². The molecular formula is C15H32N2O. The molecule has 1 aliphatic heterocycles. The summed E-state index contributed by atoms with van der Waals surface area (Å²) in [6.45, 7) is 12.4. The molecule has 0 aliphatic carbocycles. The van der Waals surface area contributed by atoms with Crippen LogP contribution in [0.5, 0.6) is 0 Å². The quantitative estimate of drug-likeness (QED) is 0.757. The lowest BCUT2D eigenvalue weighted by atomic mass is 9.96. The molecule has 0 saturated carbocycles. The van der Waals surface area contributed by atoms with Crippen LogP contribution in [0, 0.1) is 5.92 Å². The van der Waals surface area contributed by atoms with Crippen LogP contribution in [0.15, 0.2) is 0 Å². The van der Waals surface area contributed by atoms with Gasteiger partial charge < -0.3 is 10.1 Å².